The lowest BCUT2D eigenvalue weighted by Gasteiger charge is -2.09. The van der Waals surface area contributed by atoms with E-state index in [2.05, 4.69) is 22.1 Å². The van der Waals surface area contributed by atoms with Gasteiger partial charge in [0.2, 0.25) is 5.91 Å². The molecule has 1 amide bonds. The molecule has 134 valence electrons. The number of carbonyl (C=O) groups excluding carboxylic acids is 1. The highest BCUT2D eigenvalue weighted by molar-refractivity contribution is 7.99. The number of para-hydroxylation sites is 1. The molecule has 0 aliphatic carbocycles. The van der Waals surface area contributed by atoms with E-state index >= 15 is 0 Å². The van der Waals surface area contributed by atoms with Crippen molar-refractivity contribution in [1.29, 1.82) is 0 Å². The fraction of sp³-hybridized carbons (Fsp3) is 0.118. The molecule has 0 aliphatic heterocycles. The lowest BCUT2D eigenvalue weighted by atomic mass is 10.3. The first-order chi connectivity index (χ1) is 12.6. The van der Waals surface area contributed by atoms with Crippen LogP contribution in [0.2, 0.25) is 10.0 Å². The quantitative estimate of drug-likeness (QED) is 0.416. The van der Waals surface area contributed by atoms with Crippen LogP contribution in [-0.4, -0.2) is 26.4 Å². The van der Waals surface area contributed by atoms with Gasteiger partial charge in [-0.1, -0.05) is 53.2 Å². The molecular weight excluding hydrogens is 411 g/mol. The molecule has 0 spiro atoms. The molecule has 0 saturated heterocycles. The Morgan fingerprint density at radius 1 is 1.27 bits per heavy atom. The number of carbonyl (C=O) groups is 1. The van der Waals surface area contributed by atoms with Crippen LogP contribution in [0.3, 0.4) is 0 Å². The van der Waals surface area contributed by atoms with Gasteiger partial charge in [-0.25, -0.2) is 0 Å². The van der Waals surface area contributed by atoms with Crippen molar-refractivity contribution < 1.29 is 4.79 Å². The Kier molecular flexibility index (Phi) is 6.37. The number of rotatable bonds is 7. The summed E-state index contributed by atoms with van der Waals surface area (Å²) in [4.78, 5) is 13.3. The number of aromatic nitrogens is 3. The minimum Gasteiger partial charge on any atom is -0.323 e. The number of hydrogen-bond acceptors (Lipinski definition) is 5. The van der Waals surface area contributed by atoms with E-state index in [0.29, 0.717) is 27.4 Å². The summed E-state index contributed by atoms with van der Waals surface area (Å²) in [5, 5.41) is 14.6. The molecule has 0 radical (unpaired) electrons. The van der Waals surface area contributed by atoms with Crippen molar-refractivity contribution in [1.82, 2.24) is 14.8 Å². The van der Waals surface area contributed by atoms with Crippen LogP contribution in [0.25, 0.3) is 10.7 Å². The maximum absolute atomic E-state index is 12.3. The van der Waals surface area contributed by atoms with Crippen LogP contribution in [0, 0.1) is 0 Å². The van der Waals surface area contributed by atoms with Gasteiger partial charge in [-0.05, 0) is 23.6 Å². The van der Waals surface area contributed by atoms with E-state index in [1.54, 1.807) is 35.6 Å². The number of anilines is 1. The fourth-order valence-corrected chi connectivity index (χ4v) is 4.16. The van der Waals surface area contributed by atoms with Crippen LogP contribution >= 0.6 is 46.3 Å². The number of thioether (sulfide) groups is 1. The predicted octanol–water partition coefficient (Wildman–Crippen LogP) is 5.23. The van der Waals surface area contributed by atoms with Gasteiger partial charge >= 0.3 is 0 Å². The zero-order valence-corrected chi connectivity index (χ0v) is 16.6. The van der Waals surface area contributed by atoms with Crippen LogP contribution in [-0.2, 0) is 11.3 Å². The molecule has 1 N–H and O–H groups in total. The summed E-state index contributed by atoms with van der Waals surface area (Å²) in [6, 6.07) is 9.00. The Morgan fingerprint density at radius 2 is 2.04 bits per heavy atom. The summed E-state index contributed by atoms with van der Waals surface area (Å²) >= 11 is 15.0. The van der Waals surface area contributed by atoms with Gasteiger partial charge in [0.05, 0.1) is 26.4 Å². The van der Waals surface area contributed by atoms with Crippen LogP contribution in [0.1, 0.15) is 0 Å². The van der Waals surface area contributed by atoms with Crippen molar-refractivity contribution in [3.63, 3.8) is 0 Å². The number of benzene rings is 1. The number of nitrogens with one attached hydrogen (secondary N) is 1. The number of thiophene rings is 1. The highest BCUT2D eigenvalue weighted by Crippen LogP contribution is 2.31. The van der Waals surface area contributed by atoms with E-state index in [0.717, 1.165) is 10.7 Å². The Morgan fingerprint density at radius 3 is 2.69 bits per heavy atom. The van der Waals surface area contributed by atoms with Gasteiger partial charge < -0.3 is 5.32 Å². The first-order valence-corrected chi connectivity index (χ1v) is 10.2. The molecule has 0 bridgehead atoms. The van der Waals surface area contributed by atoms with Gasteiger partial charge in [-0.3, -0.25) is 9.36 Å². The van der Waals surface area contributed by atoms with E-state index in [-0.39, 0.29) is 11.7 Å². The van der Waals surface area contributed by atoms with Gasteiger partial charge in [-0.15, -0.1) is 28.1 Å². The second kappa shape index (κ2) is 8.73. The van der Waals surface area contributed by atoms with Gasteiger partial charge in [0.25, 0.3) is 0 Å². The summed E-state index contributed by atoms with van der Waals surface area (Å²) in [7, 11) is 0. The van der Waals surface area contributed by atoms with Gasteiger partial charge in [0, 0.05) is 6.54 Å². The van der Waals surface area contributed by atoms with Crippen molar-refractivity contribution in [3.05, 3.63) is 58.4 Å². The summed E-state index contributed by atoms with van der Waals surface area (Å²) in [6.45, 7) is 4.33. The number of nitrogens with zero attached hydrogens (tertiary/aromatic N) is 3. The zero-order valence-electron chi connectivity index (χ0n) is 13.5. The molecule has 0 atom stereocenters. The molecule has 2 aromatic heterocycles. The Labute approximate surface area is 169 Å². The van der Waals surface area contributed by atoms with Gasteiger partial charge in [0.1, 0.15) is 0 Å². The van der Waals surface area contributed by atoms with Crippen LogP contribution < -0.4 is 5.32 Å². The van der Waals surface area contributed by atoms with Gasteiger partial charge in [0.15, 0.2) is 11.0 Å². The number of allylic oxidation sites excluding steroid dienone is 1. The van der Waals surface area contributed by atoms with E-state index in [9.17, 15) is 4.79 Å². The third-order valence-electron chi connectivity index (χ3n) is 3.33. The number of amides is 1. The van der Waals surface area contributed by atoms with E-state index < -0.39 is 0 Å². The van der Waals surface area contributed by atoms with E-state index in [4.69, 9.17) is 23.2 Å². The Hall–Kier alpha value is -1.80. The van der Waals surface area contributed by atoms with Crippen molar-refractivity contribution in [2.24, 2.45) is 0 Å². The minimum atomic E-state index is -0.226. The molecule has 2 heterocycles. The summed E-state index contributed by atoms with van der Waals surface area (Å²) < 4.78 is 1.93. The lowest BCUT2D eigenvalue weighted by molar-refractivity contribution is -0.113. The van der Waals surface area contributed by atoms with Crippen molar-refractivity contribution in [3.8, 4) is 10.7 Å². The largest absolute Gasteiger partial charge is 0.323 e. The zero-order chi connectivity index (χ0) is 18.5. The highest BCUT2D eigenvalue weighted by Gasteiger charge is 2.16. The van der Waals surface area contributed by atoms with E-state index in [1.807, 2.05) is 22.1 Å². The van der Waals surface area contributed by atoms with Gasteiger partial charge in [-0.2, -0.15) is 0 Å². The molecule has 1 aromatic carbocycles. The number of halogens is 2. The summed E-state index contributed by atoms with van der Waals surface area (Å²) in [6.07, 6.45) is 1.77. The van der Waals surface area contributed by atoms with Crippen LogP contribution in [0.5, 0.6) is 0 Å². The summed E-state index contributed by atoms with van der Waals surface area (Å²) in [5.74, 6) is 0.689. The van der Waals surface area contributed by atoms with Crippen LogP contribution in [0.4, 0.5) is 5.69 Å². The Balaban J connectivity index is 1.71. The highest BCUT2D eigenvalue weighted by atomic mass is 35.5. The fourth-order valence-electron chi connectivity index (χ4n) is 2.20. The molecular formula is C17H14Cl2N4OS2. The average molecular weight is 425 g/mol. The smallest absolute Gasteiger partial charge is 0.234 e. The molecule has 9 heteroatoms. The molecule has 3 aromatic rings. The molecule has 0 unspecified atom stereocenters. The molecule has 3 rings (SSSR count). The SMILES string of the molecule is C=CCn1c(SCC(=O)Nc2c(Cl)cccc2Cl)nnc1-c1cccs1. The third kappa shape index (κ3) is 4.29. The average Bonchev–Trinajstić information content (AvgIpc) is 3.26. The molecule has 0 aliphatic rings. The second-order valence-corrected chi connectivity index (χ2v) is 7.82. The predicted molar refractivity (Wildman–Crippen MR) is 109 cm³/mol. The Bertz CT molecular complexity index is 905. The molecule has 26 heavy (non-hydrogen) atoms. The topological polar surface area (TPSA) is 59.8 Å². The second-order valence-electron chi connectivity index (χ2n) is 5.12. The van der Waals surface area contributed by atoms with Crippen LogP contribution in [0.15, 0.2) is 53.5 Å². The third-order valence-corrected chi connectivity index (χ3v) is 5.79. The number of hydrogen-bond donors (Lipinski definition) is 1. The first kappa shape index (κ1) is 19.0. The monoisotopic (exact) mass is 424 g/mol. The summed E-state index contributed by atoms with van der Waals surface area (Å²) in [5.41, 5.74) is 0.410. The van der Waals surface area contributed by atoms with Crippen molar-refractivity contribution in [2.45, 2.75) is 11.7 Å². The van der Waals surface area contributed by atoms with Crippen molar-refractivity contribution >= 4 is 57.9 Å². The maximum atomic E-state index is 12.3. The lowest BCUT2D eigenvalue weighted by Crippen LogP contribution is -2.15. The first-order valence-electron chi connectivity index (χ1n) is 7.54. The standard InChI is InChI=1S/C17H14Cl2N4OS2/c1-2-8-23-16(13-7-4-9-25-13)21-22-17(23)26-10-14(24)20-15-11(18)5-3-6-12(15)19/h2-7,9H,1,8,10H2,(H,20,24). The normalized spacial score (nSPS) is 10.7. The van der Waals surface area contributed by atoms with Crippen molar-refractivity contribution in [2.75, 3.05) is 11.1 Å². The minimum absolute atomic E-state index is 0.154. The molecule has 0 saturated carbocycles. The molecule has 0 fully saturated rings. The van der Waals surface area contributed by atoms with E-state index in [1.165, 1.54) is 11.8 Å². The maximum Gasteiger partial charge on any atom is 0.234 e. The molecule has 5 nitrogen and oxygen atoms in total.